The summed E-state index contributed by atoms with van der Waals surface area (Å²) in [7, 11) is 0. The van der Waals surface area contributed by atoms with E-state index in [0.717, 1.165) is 4.47 Å². The molecule has 5 nitrogen and oxygen atoms in total. The number of amides is 2. The molecule has 0 spiro atoms. The van der Waals surface area contributed by atoms with Crippen molar-refractivity contribution in [2.75, 3.05) is 11.9 Å². The molecule has 1 heterocycles. The van der Waals surface area contributed by atoms with Gasteiger partial charge in [-0.1, -0.05) is 15.9 Å². The van der Waals surface area contributed by atoms with Gasteiger partial charge in [-0.25, -0.2) is 0 Å². The lowest BCUT2D eigenvalue weighted by atomic mass is 10.0. The Balaban J connectivity index is 2.06. The van der Waals surface area contributed by atoms with Crippen LogP contribution in [0, 0.1) is 5.92 Å². The number of β-amino-alcohol motifs (C(OH)–C–C–N with tert-alkyl or cyclic N) is 1. The number of rotatable bonds is 2. The van der Waals surface area contributed by atoms with Gasteiger partial charge in [0.1, 0.15) is 5.92 Å². The second-order valence-electron chi connectivity index (χ2n) is 3.79. The fourth-order valence-electron chi connectivity index (χ4n) is 1.65. The number of nitrogens with one attached hydrogen (secondary N) is 2. The van der Waals surface area contributed by atoms with Crippen LogP contribution in [0.5, 0.6) is 0 Å². The summed E-state index contributed by atoms with van der Waals surface area (Å²) in [5, 5.41) is 14.5. The maximum atomic E-state index is 11.8. The maximum absolute atomic E-state index is 11.8. The Bertz CT molecular complexity index is 447. The minimum Gasteiger partial charge on any atom is -0.390 e. The lowest BCUT2D eigenvalue weighted by Gasteiger charge is -2.11. The topological polar surface area (TPSA) is 78.4 Å². The SMILES string of the molecule is O=C1NCC(O)C1C(=O)Nc1ccc(Br)cc1. The molecule has 3 N–H and O–H groups in total. The molecule has 1 saturated heterocycles. The second-order valence-corrected chi connectivity index (χ2v) is 4.70. The first-order valence-electron chi connectivity index (χ1n) is 5.10. The zero-order chi connectivity index (χ0) is 12.4. The quantitative estimate of drug-likeness (QED) is 0.696. The van der Waals surface area contributed by atoms with Crippen molar-refractivity contribution in [2.45, 2.75) is 6.10 Å². The summed E-state index contributed by atoms with van der Waals surface area (Å²) < 4.78 is 0.897. The van der Waals surface area contributed by atoms with E-state index in [4.69, 9.17) is 0 Å². The maximum Gasteiger partial charge on any atom is 0.239 e. The summed E-state index contributed by atoms with van der Waals surface area (Å²) in [6.45, 7) is 0.122. The summed E-state index contributed by atoms with van der Waals surface area (Å²) in [5.74, 6) is -1.96. The zero-order valence-electron chi connectivity index (χ0n) is 8.81. The largest absolute Gasteiger partial charge is 0.390 e. The molecule has 2 unspecified atom stereocenters. The fraction of sp³-hybridized carbons (Fsp3) is 0.273. The number of anilines is 1. The number of carbonyl (C=O) groups excluding carboxylic acids is 2. The molecular weight excluding hydrogens is 288 g/mol. The van der Waals surface area contributed by atoms with Gasteiger partial charge in [0.25, 0.3) is 0 Å². The number of carbonyl (C=O) groups is 2. The molecule has 0 aliphatic carbocycles. The smallest absolute Gasteiger partial charge is 0.239 e. The lowest BCUT2D eigenvalue weighted by molar-refractivity contribution is -0.132. The van der Waals surface area contributed by atoms with E-state index in [1.807, 2.05) is 0 Å². The Morgan fingerprint density at radius 3 is 2.59 bits per heavy atom. The Labute approximate surface area is 106 Å². The second kappa shape index (κ2) is 4.85. The fourth-order valence-corrected chi connectivity index (χ4v) is 1.92. The highest BCUT2D eigenvalue weighted by atomic mass is 79.9. The monoisotopic (exact) mass is 298 g/mol. The summed E-state index contributed by atoms with van der Waals surface area (Å²) >= 11 is 3.28. The van der Waals surface area contributed by atoms with Crippen molar-refractivity contribution >= 4 is 33.4 Å². The van der Waals surface area contributed by atoms with Crippen LogP contribution in [0.3, 0.4) is 0 Å². The minimum atomic E-state index is -1.03. The van der Waals surface area contributed by atoms with E-state index >= 15 is 0 Å². The van der Waals surface area contributed by atoms with Crippen LogP contribution in [0.1, 0.15) is 0 Å². The van der Waals surface area contributed by atoms with Crippen molar-refractivity contribution in [3.63, 3.8) is 0 Å². The third-order valence-corrected chi connectivity index (χ3v) is 3.08. The molecule has 1 aromatic rings. The summed E-state index contributed by atoms with van der Waals surface area (Å²) in [6.07, 6.45) is -0.960. The van der Waals surface area contributed by atoms with Gasteiger partial charge >= 0.3 is 0 Å². The normalized spacial score (nSPS) is 23.3. The van der Waals surface area contributed by atoms with E-state index in [1.54, 1.807) is 24.3 Å². The molecule has 2 rings (SSSR count). The van der Waals surface area contributed by atoms with Crippen LogP contribution in [-0.2, 0) is 9.59 Å². The van der Waals surface area contributed by atoms with Crippen LogP contribution in [0.4, 0.5) is 5.69 Å². The molecule has 1 aliphatic rings. The third-order valence-electron chi connectivity index (χ3n) is 2.55. The highest BCUT2D eigenvalue weighted by Crippen LogP contribution is 2.17. The molecule has 2 amide bonds. The number of benzene rings is 1. The Morgan fingerprint density at radius 2 is 2.06 bits per heavy atom. The summed E-state index contributed by atoms with van der Waals surface area (Å²) in [4.78, 5) is 23.1. The van der Waals surface area contributed by atoms with E-state index < -0.39 is 23.8 Å². The number of hydrogen-bond acceptors (Lipinski definition) is 3. The van der Waals surface area contributed by atoms with Crippen molar-refractivity contribution in [1.82, 2.24) is 5.32 Å². The standard InChI is InChI=1S/C11H11BrN2O3/c12-6-1-3-7(4-2-6)14-11(17)9-8(15)5-13-10(9)16/h1-4,8-9,15H,5H2,(H,13,16)(H,14,17). The molecule has 0 saturated carbocycles. The summed E-state index contributed by atoms with van der Waals surface area (Å²) in [5.41, 5.74) is 0.588. The van der Waals surface area contributed by atoms with Gasteiger partial charge in [0.15, 0.2) is 0 Å². The van der Waals surface area contributed by atoms with Crippen molar-refractivity contribution in [1.29, 1.82) is 0 Å². The Morgan fingerprint density at radius 1 is 1.41 bits per heavy atom. The van der Waals surface area contributed by atoms with Crippen LogP contribution in [0.2, 0.25) is 0 Å². The van der Waals surface area contributed by atoms with E-state index in [0.29, 0.717) is 5.69 Å². The van der Waals surface area contributed by atoms with Crippen molar-refractivity contribution in [2.24, 2.45) is 5.92 Å². The zero-order valence-corrected chi connectivity index (χ0v) is 10.4. The third kappa shape index (κ3) is 2.65. The average Bonchev–Trinajstić information content (AvgIpc) is 2.62. The molecule has 0 aromatic heterocycles. The van der Waals surface area contributed by atoms with Gasteiger partial charge in [-0.15, -0.1) is 0 Å². The van der Waals surface area contributed by atoms with Crippen LogP contribution in [0.15, 0.2) is 28.7 Å². The number of aliphatic hydroxyl groups excluding tert-OH is 1. The first-order chi connectivity index (χ1) is 8.08. The number of halogens is 1. The molecule has 1 fully saturated rings. The van der Waals surface area contributed by atoms with E-state index in [-0.39, 0.29) is 6.54 Å². The van der Waals surface area contributed by atoms with Gasteiger partial charge in [-0.05, 0) is 24.3 Å². The Kier molecular flexibility index (Phi) is 3.44. The first kappa shape index (κ1) is 12.1. The van der Waals surface area contributed by atoms with Crippen LogP contribution >= 0.6 is 15.9 Å². The van der Waals surface area contributed by atoms with Gasteiger partial charge in [0.2, 0.25) is 11.8 Å². The van der Waals surface area contributed by atoms with Crippen LogP contribution < -0.4 is 10.6 Å². The van der Waals surface area contributed by atoms with Gasteiger partial charge in [0, 0.05) is 16.7 Å². The Hall–Kier alpha value is -1.40. The van der Waals surface area contributed by atoms with E-state index in [9.17, 15) is 14.7 Å². The van der Waals surface area contributed by atoms with E-state index in [1.165, 1.54) is 0 Å². The van der Waals surface area contributed by atoms with Crippen LogP contribution in [0.25, 0.3) is 0 Å². The minimum absolute atomic E-state index is 0.122. The van der Waals surface area contributed by atoms with Crippen molar-refractivity contribution in [3.05, 3.63) is 28.7 Å². The molecule has 1 aliphatic heterocycles. The van der Waals surface area contributed by atoms with Gasteiger partial charge in [-0.3, -0.25) is 9.59 Å². The first-order valence-corrected chi connectivity index (χ1v) is 5.89. The molecular formula is C11H11BrN2O3. The molecule has 1 aromatic carbocycles. The average molecular weight is 299 g/mol. The number of hydrogen-bond donors (Lipinski definition) is 3. The van der Waals surface area contributed by atoms with Gasteiger partial charge in [0.05, 0.1) is 6.10 Å². The molecule has 2 atom stereocenters. The number of aliphatic hydroxyl groups is 1. The predicted molar refractivity (Wildman–Crippen MR) is 65.3 cm³/mol. The summed E-state index contributed by atoms with van der Waals surface area (Å²) in [6, 6.07) is 6.98. The molecule has 0 radical (unpaired) electrons. The highest BCUT2D eigenvalue weighted by molar-refractivity contribution is 9.10. The van der Waals surface area contributed by atoms with Crippen LogP contribution in [-0.4, -0.2) is 29.6 Å². The molecule has 6 heteroatoms. The van der Waals surface area contributed by atoms with Gasteiger partial charge in [-0.2, -0.15) is 0 Å². The predicted octanol–water partition coefficient (Wildman–Crippen LogP) is 0.495. The molecule has 0 bridgehead atoms. The molecule has 17 heavy (non-hydrogen) atoms. The lowest BCUT2D eigenvalue weighted by Crippen LogP contribution is -2.34. The molecule has 90 valence electrons. The van der Waals surface area contributed by atoms with Crippen molar-refractivity contribution in [3.8, 4) is 0 Å². The van der Waals surface area contributed by atoms with Gasteiger partial charge < -0.3 is 15.7 Å². The highest BCUT2D eigenvalue weighted by Gasteiger charge is 2.39. The van der Waals surface area contributed by atoms with Crippen molar-refractivity contribution < 1.29 is 14.7 Å². The van der Waals surface area contributed by atoms with E-state index in [2.05, 4.69) is 26.6 Å².